The summed E-state index contributed by atoms with van der Waals surface area (Å²) in [6.07, 6.45) is 1.21. The van der Waals surface area contributed by atoms with E-state index in [0.29, 0.717) is 15.0 Å². The quantitative estimate of drug-likeness (QED) is 0.851. The predicted octanol–water partition coefficient (Wildman–Crippen LogP) is 2.98. The molecule has 2 aromatic rings. The van der Waals surface area contributed by atoms with E-state index in [9.17, 15) is 9.18 Å². The van der Waals surface area contributed by atoms with Crippen LogP contribution >= 0.6 is 22.6 Å². The zero-order valence-corrected chi connectivity index (χ0v) is 11.0. The molecule has 0 aliphatic rings. The second-order valence-electron chi connectivity index (χ2n) is 3.35. The number of rotatable bonds is 2. The Kier molecular flexibility index (Phi) is 3.41. The number of hydrogen-bond donors (Lipinski definition) is 1. The first kappa shape index (κ1) is 12.0. The first-order valence-corrected chi connectivity index (χ1v) is 5.82. The number of benzene rings is 1. The minimum Gasteiger partial charge on any atom is -0.438 e. The summed E-state index contributed by atoms with van der Waals surface area (Å²) in [6, 6.07) is 4.12. The van der Waals surface area contributed by atoms with Crippen LogP contribution in [0.2, 0.25) is 0 Å². The molecule has 1 heterocycles. The maximum Gasteiger partial charge on any atom is 0.293 e. The van der Waals surface area contributed by atoms with Gasteiger partial charge in [-0.25, -0.2) is 9.37 Å². The summed E-state index contributed by atoms with van der Waals surface area (Å²) >= 11 is 1.94. The fourth-order valence-corrected chi connectivity index (χ4v) is 1.90. The van der Waals surface area contributed by atoms with Crippen LogP contribution in [0.3, 0.4) is 0 Å². The molecule has 0 bridgehead atoms. The first-order valence-electron chi connectivity index (χ1n) is 4.74. The number of nitrogens with one attached hydrogen (secondary N) is 1. The fourth-order valence-electron chi connectivity index (χ4n) is 1.29. The summed E-state index contributed by atoms with van der Waals surface area (Å²) in [7, 11) is 0. The molecule has 0 atom stereocenters. The zero-order valence-electron chi connectivity index (χ0n) is 8.83. The molecule has 0 aliphatic carbocycles. The van der Waals surface area contributed by atoms with Crippen LogP contribution in [0.15, 0.2) is 29.0 Å². The molecule has 0 aliphatic heterocycles. The van der Waals surface area contributed by atoms with Gasteiger partial charge >= 0.3 is 0 Å². The summed E-state index contributed by atoms with van der Waals surface area (Å²) in [5, 5.41) is 2.63. The molecule has 0 unspecified atom stereocenters. The van der Waals surface area contributed by atoms with E-state index < -0.39 is 5.91 Å². The molecular formula is C11H8FIN2O2. The van der Waals surface area contributed by atoms with E-state index in [1.165, 1.54) is 24.6 Å². The number of nitrogens with zero attached hydrogens (tertiary/aromatic N) is 1. The Balaban J connectivity index is 2.22. The Labute approximate surface area is 110 Å². The van der Waals surface area contributed by atoms with Crippen LogP contribution in [0, 0.1) is 16.3 Å². The number of amides is 1. The molecule has 2 rings (SSSR count). The molecule has 1 aromatic carbocycles. The highest BCUT2D eigenvalue weighted by Gasteiger charge is 2.15. The summed E-state index contributed by atoms with van der Waals surface area (Å²) in [5.74, 6) is -0.585. The number of oxazole rings is 1. The molecule has 17 heavy (non-hydrogen) atoms. The van der Waals surface area contributed by atoms with Crippen molar-refractivity contribution in [3.63, 3.8) is 0 Å². The second kappa shape index (κ2) is 4.82. The molecule has 0 fully saturated rings. The van der Waals surface area contributed by atoms with Crippen LogP contribution in [-0.4, -0.2) is 10.9 Å². The minimum atomic E-state index is -0.399. The minimum absolute atomic E-state index is 0.158. The molecule has 0 saturated heterocycles. The van der Waals surface area contributed by atoms with Gasteiger partial charge in [-0.1, -0.05) is 0 Å². The third-order valence-electron chi connectivity index (χ3n) is 2.13. The molecule has 0 spiro atoms. The van der Waals surface area contributed by atoms with Crippen molar-refractivity contribution in [3.05, 3.63) is 45.4 Å². The third kappa shape index (κ3) is 2.63. The standard InChI is InChI=1S/C11H8FIN2O2/c1-6-10(17-5-14-6)11(16)15-9-3-2-7(12)4-8(9)13/h2-5H,1H3,(H,15,16). The number of aromatic nitrogens is 1. The van der Waals surface area contributed by atoms with Crippen LogP contribution in [0.5, 0.6) is 0 Å². The lowest BCUT2D eigenvalue weighted by atomic mass is 10.3. The van der Waals surface area contributed by atoms with Gasteiger partial charge in [-0.3, -0.25) is 4.79 Å². The lowest BCUT2D eigenvalue weighted by Crippen LogP contribution is -2.13. The third-order valence-corrected chi connectivity index (χ3v) is 3.02. The lowest BCUT2D eigenvalue weighted by Gasteiger charge is -2.05. The molecule has 4 nitrogen and oxygen atoms in total. The first-order chi connectivity index (χ1) is 8.08. The average molecular weight is 346 g/mol. The van der Waals surface area contributed by atoms with Crippen molar-refractivity contribution in [1.82, 2.24) is 4.98 Å². The Morgan fingerprint density at radius 2 is 2.29 bits per heavy atom. The molecule has 0 saturated carbocycles. The highest BCUT2D eigenvalue weighted by molar-refractivity contribution is 14.1. The van der Waals surface area contributed by atoms with Gasteiger partial charge in [0.2, 0.25) is 5.76 Å². The lowest BCUT2D eigenvalue weighted by molar-refractivity contribution is 0.0996. The monoisotopic (exact) mass is 346 g/mol. The van der Waals surface area contributed by atoms with Gasteiger partial charge in [-0.15, -0.1) is 0 Å². The molecule has 88 valence electrons. The highest BCUT2D eigenvalue weighted by Crippen LogP contribution is 2.20. The van der Waals surface area contributed by atoms with Crippen LogP contribution in [0.1, 0.15) is 16.2 Å². The van der Waals surface area contributed by atoms with Gasteiger partial charge in [-0.05, 0) is 47.7 Å². The van der Waals surface area contributed by atoms with Crippen LogP contribution in [-0.2, 0) is 0 Å². The molecule has 1 amide bonds. The number of carbonyl (C=O) groups excluding carboxylic acids is 1. The predicted molar refractivity (Wildman–Crippen MR) is 68.3 cm³/mol. The van der Waals surface area contributed by atoms with E-state index in [4.69, 9.17) is 4.42 Å². The Morgan fingerprint density at radius 1 is 1.53 bits per heavy atom. The number of anilines is 1. The van der Waals surface area contributed by atoms with E-state index in [1.807, 2.05) is 22.6 Å². The molecule has 0 radical (unpaired) electrons. The second-order valence-corrected chi connectivity index (χ2v) is 4.51. The summed E-state index contributed by atoms with van der Waals surface area (Å²) in [5.41, 5.74) is 1.05. The fraction of sp³-hybridized carbons (Fsp3) is 0.0909. The van der Waals surface area contributed by atoms with Crippen molar-refractivity contribution >= 4 is 34.2 Å². The number of carbonyl (C=O) groups is 1. The van der Waals surface area contributed by atoms with Gasteiger partial charge in [0, 0.05) is 3.57 Å². The van der Waals surface area contributed by atoms with E-state index in [-0.39, 0.29) is 11.6 Å². The molecule has 6 heteroatoms. The van der Waals surface area contributed by atoms with Gasteiger partial charge in [0.25, 0.3) is 5.91 Å². The van der Waals surface area contributed by atoms with Crippen molar-refractivity contribution in [2.24, 2.45) is 0 Å². The highest BCUT2D eigenvalue weighted by atomic mass is 127. The van der Waals surface area contributed by atoms with E-state index in [2.05, 4.69) is 10.3 Å². The van der Waals surface area contributed by atoms with Gasteiger partial charge in [-0.2, -0.15) is 0 Å². The van der Waals surface area contributed by atoms with Crippen LogP contribution < -0.4 is 5.32 Å². The Hall–Kier alpha value is -1.44. The molecular weight excluding hydrogens is 338 g/mol. The van der Waals surface area contributed by atoms with Crippen molar-refractivity contribution in [1.29, 1.82) is 0 Å². The largest absolute Gasteiger partial charge is 0.438 e. The van der Waals surface area contributed by atoms with Gasteiger partial charge in [0.1, 0.15) is 5.82 Å². The van der Waals surface area contributed by atoms with E-state index in [1.54, 1.807) is 6.92 Å². The Morgan fingerprint density at radius 3 is 2.88 bits per heavy atom. The SMILES string of the molecule is Cc1ncoc1C(=O)Nc1ccc(F)cc1I. The van der Waals surface area contributed by atoms with Crippen molar-refractivity contribution in [2.75, 3.05) is 5.32 Å². The zero-order chi connectivity index (χ0) is 12.4. The maximum atomic E-state index is 12.9. The van der Waals surface area contributed by atoms with Crippen molar-refractivity contribution in [2.45, 2.75) is 6.92 Å². The number of halogens is 2. The smallest absolute Gasteiger partial charge is 0.293 e. The Bertz CT molecular complexity index is 568. The molecule has 1 N–H and O–H groups in total. The number of hydrogen-bond acceptors (Lipinski definition) is 3. The van der Waals surface area contributed by atoms with Crippen molar-refractivity contribution < 1.29 is 13.6 Å². The summed E-state index contributed by atoms with van der Waals surface area (Å²) < 4.78 is 18.5. The van der Waals surface area contributed by atoms with Crippen molar-refractivity contribution in [3.8, 4) is 0 Å². The summed E-state index contributed by atoms with van der Waals surface area (Å²) in [4.78, 5) is 15.6. The topological polar surface area (TPSA) is 55.1 Å². The van der Waals surface area contributed by atoms with E-state index in [0.717, 1.165) is 0 Å². The van der Waals surface area contributed by atoms with Gasteiger partial charge in [0.05, 0.1) is 11.4 Å². The number of aryl methyl sites for hydroxylation is 1. The van der Waals surface area contributed by atoms with Gasteiger partial charge in [0.15, 0.2) is 6.39 Å². The normalized spacial score (nSPS) is 10.3. The average Bonchev–Trinajstić information content (AvgIpc) is 2.68. The van der Waals surface area contributed by atoms with Crippen LogP contribution in [0.25, 0.3) is 0 Å². The van der Waals surface area contributed by atoms with E-state index >= 15 is 0 Å². The maximum absolute atomic E-state index is 12.9. The molecule has 1 aromatic heterocycles. The van der Waals surface area contributed by atoms with Crippen LogP contribution in [0.4, 0.5) is 10.1 Å². The summed E-state index contributed by atoms with van der Waals surface area (Å²) in [6.45, 7) is 1.67. The van der Waals surface area contributed by atoms with Gasteiger partial charge < -0.3 is 9.73 Å².